The summed E-state index contributed by atoms with van der Waals surface area (Å²) in [5, 5.41) is 19.5. The van der Waals surface area contributed by atoms with Crippen molar-refractivity contribution in [3.8, 4) is 0 Å². The molecule has 2 aromatic rings. The summed E-state index contributed by atoms with van der Waals surface area (Å²) in [5.41, 5.74) is 1.79. The molecule has 2 heterocycles. The van der Waals surface area contributed by atoms with Gasteiger partial charge in [0.05, 0.1) is 37.9 Å². The van der Waals surface area contributed by atoms with Gasteiger partial charge in [-0.25, -0.2) is 4.79 Å². The number of hydrogen-bond donors (Lipinski definition) is 2. The molecule has 0 saturated carbocycles. The quantitative estimate of drug-likeness (QED) is 0.455. The number of aliphatic hydroxyl groups is 1. The van der Waals surface area contributed by atoms with Gasteiger partial charge in [0.2, 0.25) is 5.91 Å². The highest BCUT2D eigenvalue weighted by Crippen LogP contribution is 2.30. The molecule has 0 aliphatic carbocycles. The van der Waals surface area contributed by atoms with Gasteiger partial charge in [-0.15, -0.1) is 11.3 Å². The summed E-state index contributed by atoms with van der Waals surface area (Å²) < 4.78 is 11.4. The first-order valence-corrected chi connectivity index (χ1v) is 11.8. The van der Waals surface area contributed by atoms with Crippen LogP contribution >= 0.6 is 11.3 Å². The van der Waals surface area contributed by atoms with Crippen molar-refractivity contribution in [2.24, 2.45) is 0 Å². The number of carbonyl (C=O) groups is 2. The normalized spacial score (nSPS) is 19.5. The van der Waals surface area contributed by atoms with Gasteiger partial charge in [-0.3, -0.25) is 4.79 Å². The maximum absolute atomic E-state index is 12.6. The van der Waals surface area contributed by atoms with Crippen molar-refractivity contribution in [3.63, 3.8) is 0 Å². The molecule has 8 heteroatoms. The van der Waals surface area contributed by atoms with Gasteiger partial charge in [-0.2, -0.15) is 0 Å². The lowest BCUT2D eigenvalue weighted by Crippen LogP contribution is -2.40. The third-order valence-corrected chi connectivity index (χ3v) is 6.78. The van der Waals surface area contributed by atoms with Crippen LogP contribution in [0.2, 0.25) is 0 Å². The Morgan fingerprint density at radius 1 is 1.22 bits per heavy atom. The molecule has 7 nitrogen and oxygen atoms in total. The van der Waals surface area contributed by atoms with Gasteiger partial charge in [0.25, 0.3) is 0 Å². The maximum atomic E-state index is 12.6. The first-order chi connectivity index (χ1) is 15.4. The first-order valence-electron chi connectivity index (χ1n) is 11.0. The Labute approximate surface area is 192 Å². The summed E-state index contributed by atoms with van der Waals surface area (Å²) in [4.78, 5) is 26.2. The second-order valence-electron chi connectivity index (χ2n) is 8.00. The molecule has 1 amide bonds. The van der Waals surface area contributed by atoms with Crippen molar-refractivity contribution in [2.45, 2.75) is 63.9 Å². The van der Waals surface area contributed by atoms with E-state index in [-0.39, 0.29) is 36.5 Å². The molecule has 3 rings (SSSR count). The summed E-state index contributed by atoms with van der Waals surface area (Å²) in [6.45, 7) is 2.56. The number of hydrogen-bond acceptors (Lipinski definition) is 6. The number of rotatable bonds is 12. The molecule has 1 aliphatic rings. The van der Waals surface area contributed by atoms with E-state index in [0.717, 1.165) is 46.7 Å². The Balaban J connectivity index is 1.63. The fourth-order valence-corrected chi connectivity index (χ4v) is 4.78. The lowest BCUT2D eigenvalue weighted by Gasteiger charge is -2.27. The molecule has 2 N–H and O–H groups in total. The Morgan fingerprint density at radius 2 is 1.97 bits per heavy atom. The van der Waals surface area contributed by atoms with Gasteiger partial charge in [0, 0.05) is 17.7 Å². The summed E-state index contributed by atoms with van der Waals surface area (Å²) in [5.74, 6) is -1.11. The predicted octanol–water partition coefficient (Wildman–Crippen LogP) is 4.40. The van der Waals surface area contributed by atoms with E-state index >= 15 is 0 Å². The highest BCUT2D eigenvalue weighted by Gasteiger charge is 2.39. The Bertz CT molecular complexity index is 896. The second kappa shape index (κ2) is 11.6. The fraction of sp³-hybridized carbons (Fsp3) is 0.500. The number of carbonyl (C=O) groups excluding carboxylic acids is 1. The number of thiophene rings is 1. The molecule has 32 heavy (non-hydrogen) atoms. The largest absolute Gasteiger partial charge is 0.477 e. The molecule has 2 unspecified atom stereocenters. The highest BCUT2D eigenvalue weighted by molar-refractivity contribution is 7.13. The molecule has 0 bridgehead atoms. The number of benzene rings is 1. The molecule has 1 aromatic carbocycles. The van der Waals surface area contributed by atoms with E-state index in [9.17, 15) is 14.7 Å². The molecule has 1 aliphatic heterocycles. The van der Waals surface area contributed by atoms with Gasteiger partial charge in [-0.05, 0) is 36.2 Å². The van der Waals surface area contributed by atoms with Crippen LogP contribution in [0, 0.1) is 0 Å². The maximum Gasteiger partial charge on any atom is 0.345 e. The van der Waals surface area contributed by atoms with E-state index in [4.69, 9.17) is 14.6 Å². The van der Waals surface area contributed by atoms with Crippen LogP contribution in [-0.2, 0) is 20.9 Å². The molecule has 1 saturated heterocycles. The lowest BCUT2D eigenvalue weighted by atomic mass is 10.0. The van der Waals surface area contributed by atoms with Crippen LogP contribution < -0.4 is 4.90 Å². The van der Waals surface area contributed by atoms with E-state index in [1.165, 1.54) is 6.42 Å². The average Bonchev–Trinajstić information content (AvgIpc) is 3.36. The van der Waals surface area contributed by atoms with Gasteiger partial charge in [0.1, 0.15) is 4.88 Å². The van der Waals surface area contributed by atoms with Crippen LogP contribution in [0.25, 0.3) is 0 Å². The summed E-state index contributed by atoms with van der Waals surface area (Å²) in [6, 6.07) is 10.5. The van der Waals surface area contributed by atoms with E-state index in [1.54, 1.807) is 24.1 Å². The SMILES string of the molecule is CCCCCC(OC)c1ccc(N2C(=O)C[C@H](O)C2COCc2ccc(C(=O)O)s2)cc1. The van der Waals surface area contributed by atoms with Gasteiger partial charge in [0.15, 0.2) is 0 Å². The van der Waals surface area contributed by atoms with Crippen LogP contribution in [-0.4, -0.2) is 48.0 Å². The van der Waals surface area contributed by atoms with Gasteiger partial charge in [-0.1, -0.05) is 38.3 Å². The van der Waals surface area contributed by atoms with E-state index in [1.807, 2.05) is 24.3 Å². The summed E-state index contributed by atoms with van der Waals surface area (Å²) >= 11 is 1.16. The molecule has 0 radical (unpaired) electrons. The summed E-state index contributed by atoms with van der Waals surface area (Å²) in [7, 11) is 1.71. The molecule has 1 fully saturated rings. The first kappa shape index (κ1) is 24.4. The van der Waals surface area contributed by atoms with Gasteiger partial charge < -0.3 is 24.6 Å². The van der Waals surface area contributed by atoms with Crippen molar-refractivity contribution in [1.82, 2.24) is 0 Å². The highest BCUT2D eigenvalue weighted by atomic mass is 32.1. The van der Waals surface area contributed by atoms with Gasteiger partial charge >= 0.3 is 5.97 Å². The number of anilines is 1. The Morgan fingerprint density at radius 3 is 2.59 bits per heavy atom. The molecule has 1 aromatic heterocycles. The van der Waals surface area contributed by atoms with Crippen molar-refractivity contribution < 1.29 is 29.3 Å². The zero-order chi connectivity index (χ0) is 23.1. The Kier molecular flexibility index (Phi) is 8.81. The Hall–Kier alpha value is -2.26. The van der Waals surface area contributed by atoms with Crippen LogP contribution in [0.5, 0.6) is 0 Å². The number of aromatic carboxylic acids is 1. The monoisotopic (exact) mass is 461 g/mol. The molecular formula is C24H31NO6S. The van der Waals surface area contributed by atoms with E-state index < -0.39 is 18.1 Å². The third kappa shape index (κ3) is 5.95. The van der Waals surface area contributed by atoms with Crippen molar-refractivity contribution >= 4 is 28.9 Å². The zero-order valence-electron chi connectivity index (χ0n) is 18.5. The number of carboxylic acids is 1. The molecular weight excluding hydrogens is 430 g/mol. The second-order valence-corrected chi connectivity index (χ2v) is 9.17. The molecule has 3 atom stereocenters. The minimum atomic E-state index is -0.964. The van der Waals surface area contributed by atoms with Crippen molar-refractivity contribution in [1.29, 1.82) is 0 Å². The predicted molar refractivity (Wildman–Crippen MR) is 123 cm³/mol. The van der Waals surface area contributed by atoms with Crippen molar-refractivity contribution in [3.05, 3.63) is 51.7 Å². The number of methoxy groups -OCH3 is 1. The molecule has 0 spiro atoms. The minimum absolute atomic E-state index is 0.0242. The van der Waals surface area contributed by atoms with E-state index in [0.29, 0.717) is 0 Å². The average molecular weight is 462 g/mol. The van der Waals surface area contributed by atoms with Crippen LogP contribution in [0.1, 0.15) is 65.2 Å². The topological polar surface area (TPSA) is 96.3 Å². The van der Waals surface area contributed by atoms with Crippen LogP contribution in [0.4, 0.5) is 5.69 Å². The van der Waals surface area contributed by atoms with E-state index in [2.05, 4.69) is 6.92 Å². The zero-order valence-corrected chi connectivity index (χ0v) is 19.3. The number of ether oxygens (including phenoxy) is 2. The number of aliphatic hydroxyl groups excluding tert-OH is 1. The fourth-order valence-electron chi connectivity index (χ4n) is 3.99. The number of amides is 1. The smallest absolute Gasteiger partial charge is 0.345 e. The number of unbranched alkanes of at least 4 members (excludes halogenated alkanes) is 2. The minimum Gasteiger partial charge on any atom is -0.477 e. The standard InChI is InChI=1S/C24H31NO6S/c1-3-4-5-6-21(30-2)16-7-9-17(10-8-16)25-19(20(26)13-23(25)27)15-31-14-18-11-12-22(32-18)24(28)29/h7-12,19-21,26H,3-6,13-15H2,1-2H3,(H,28,29)/t19?,20-,21?/m0/s1. The number of carboxylic acid groups (broad SMARTS) is 1. The van der Waals surface area contributed by atoms with Crippen LogP contribution in [0.15, 0.2) is 36.4 Å². The third-order valence-electron chi connectivity index (χ3n) is 5.73. The van der Waals surface area contributed by atoms with Crippen molar-refractivity contribution in [2.75, 3.05) is 18.6 Å². The van der Waals surface area contributed by atoms with Crippen LogP contribution in [0.3, 0.4) is 0 Å². The number of nitrogens with zero attached hydrogens (tertiary/aromatic N) is 1. The molecule has 174 valence electrons. The lowest BCUT2D eigenvalue weighted by molar-refractivity contribution is -0.117. The summed E-state index contributed by atoms with van der Waals surface area (Å²) in [6.07, 6.45) is 3.64.